The molecule has 3 rings (SSSR count). The van der Waals surface area contributed by atoms with Crippen LogP contribution in [0.25, 0.3) is 0 Å². The highest BCUT2D eigenvalue weighted by Crippen LogP contribution is 2.24. The van der Waals surface area contributed by atoms with Crippen LogP contribution in [0.2, 0.25) is 0 Å². The first-order valence-electron chi connectivity index (χ1n) is 8.36. The number of aromatic nitrogens is 1. The molecule has 0 radical (unpaired) electrons. The van der Waals surface area contributed by atoms with E-state index in [0.717, 1.165) is 44.4 Å². The number of methoxy groups -OCH3 is 1. The Bertz CT molecular complexity index is 704. The summed E-state index contributed by atoms with van der Waals surface area (Å²) in [5, 5.41) is 12.3. The number of benzene rings is 1. The number of anilines is 1. The van der Waals surface area contributed by atoms with Gasteiger partial charge >= 0.3 is 0 Å². The van der Waals surface area contributed by atoms with Crippen LogP contribution in [0, 0.1) is 11.3 Å². The molecule has 1 aliphatic heterocycles. The van der Waals surface area contributed by atoms with Crippen molar-refractivity contribution in [2.75, 3.05) is 45.3 Å². The van der Waals surface area contributed by atoms with Gasteiger partial charge in [-0.15, -0.1) is 0 Å². The van der Waals surface area contributed by atoms with Gasteiger partial charge in [-0.2, -0.15) is 5.26 Å². The van der Waals surface area contributed by atoms with Crippen LogP contribution in [0.4, 0.5) is 5.82 Å². The predicted molar refractivity (Wildman–Crippen MR) is 95.6 cm³/mol. The Morgan fingerprint density at radius 2 is 2.00 bits per heavy atom. The number of nitrogens with one attached hydrogen (secondary N) is 1. The lowest BCUT2D eigenvalue weighted by atomic mass is 10.0. The van der Waals surface area contributed by atoms with E-state index in [2.05, 4.69) is 33.4 Å². The van der Waals surface area contributed by atoms with Crippen molar-refractivity contribution in [3.63, 3.8) is 0 Å². The zero-order chi connectivity index (χ0) is 17.5. The molecule has 2 aromatic rings. The summed E-state index contributed by atoms with van der Waals surface area (Å²) >= 11 is 0. The predicted octanol–water partition coefficient (Wildman–Crippen LogP) is 2.45. The minimum Gasteiger partial charge on any atom is -0.497 e. The Morgan fingerprint density at radius 1 is 1.24 bits per heavy atom. The van der Waals surface area contributed by atoms with E-state index in [0.29, 0.717) is 5.56 Å². The van der Waals surface area contributed by atoms with Crippen molar-refractivity contribution < 1.29 is 9.47 Å². The fourth-order valence-electron chi connectivity index (χ4n) is 2.94. The Kier molecular flexibility index (Phi) is 5.83. The molecule has 1 unspecified atom stereocenters. The van der Waals surface area contributed by atoms with Crippen LogP contribution in [0.1, 0.15) is 17.2 Å². The van der Waals surface area contributed by atoms with Gasteiger partial charge in [0, 0.05) is 25.8 Å². The molecule has 2 heterocycles. The summed E-state index contributed by atoms with van der Waals surface area (Å²) in [5.41, 5.74) is 1.79. The van der Waals surface area contributed by atoms with E-state index >= 15 is 0 Å². The molecule has 0 bridgehead atoms. The molecule has 1 saturated heterocycles. The smallest absolute Gasteiger partial charge is 0.126 e. The quantitative estimate of drug-likeness (QED) is 0.872. The highest BCUT2D eigenvalue weighted by atomic mass is 16.5. The molecule has 6 heteroatoms. The van der Waals surface area contributed by atoms with E-state index in [4.69, 9.17) is 14.7 Å². The SMILES string of the molecule is COc1ccc(C(CNc2ccc(C#N)cn2)N2CCOCC2)cc1. The first-order chi connectivity index (χ1) is 12.3. The number of rotatable bonds is 6. The van der Waals surface area contributed by atoms with Gasteiger partial charge in [0.2, 0.25) is 0 Å². The van der Waals surface area contributed by atoms with Crippen molar-refractivity contribution in [2.24, 2.45) is 0 Å². The highest BCUT2D eigenvalue weighted by molar-refractivity contribution is 5.40. The van der Waals surface area contributed by atoms with Gasteiger partial charge in [-0.05, 0) is 29.8 Å². The Labute approximate surface area is 148 Å². The van der Waals surface area contributed by atoms with Gasteiger partial charge in [0.25, 0.3) is 0 Å². The van der Waals surface area contributed by atoms with Crippen LogP contribution in [-0.4, -0.2) is 49.8 Å². The van der Waals surface area contributed by atoms with Crippen LogP contribution in [-0.2, 0) is 4.74 Å². The second-order valence-electron chi connectivity index (χ2n) is 5.86. The zero-order valence-corrected chi connectivity index (χ0v) is 14.3. The maximum Gasteiger partial charge on any atom is 0.126 e. The summed E-state index contributed by atoms with van der Waals surface area (Å²) in [7, 11) is 1.67. The fraction of sp³-hybridized carbons (Fsp3) is 0.368. The lowest BCUT2D eigenvalue weighted by Crippen LogP contribution is -2.41. The largest absolute Gasteiger partial charge is 0.497 e. The van der Waals surface area contributed by atoms with Gasteiger partial charge in [-0.25, -0.2) is 4.98 Å². The van der Waals surface area contributed by atoms with Crippen molar-refractivity contribution in [1.82, 2.24) is 9.88 Å². The molecule has 1 aromatic carbocycles. The second-order valence-corrected chi connectivity index (χ2v) is 5.86. The maximum atomic E-state index is 8.87. The standard InChI is InChI=1S/C19H22N4O2/c1-24-17-5-3-16(4-6-17)18(23-8-10-25-11-9-23)14-22-19-7-2-15(12-20)13-21-19/h2-7,13,18H,8-11,14H2,1H3,(H,21,22). The van der Waals surface area contributed by atoms with Gasteiger partial charge in [0.15, 0.2) is 0 Å². The van der Waals surface area contributed by atoms with Gasteiger partial charge < -0.3 is 14.8 Å². The number of morpholine rings is 1. The molecular weight excluding hydrogens is 316 g/mol. The molecule has 1 atom stereocenters. The van der Waals surface area contributed by atoms with Gasteiger partial charge in [0.05, 0.1) is 31.9 Å². The van der Waals surface area contributed by atoms with Gasteiger partial charge in [-0.3, -0.25) is 4.90 Å². The normalized spacial score (nSPS) is 16.0. The monoisotopic (exact) mass is 338 g/mol. The topological polar surface area (TPSA) is 70.4 Å². The number of nitrogens with zero attached hydrogens (tertiary/aromatic N) is 3. The van der Waals surface area contributed by atoms with Gasteiger partial charge in [-0.1, -0.05) is 12.1 Å². The third-order valence-corrected chi connectivity index (χ3v) is 4.36. The van der Waals surface area contributed by atoms with E-state index in [-0.39, 0.29) is 6.04 Å². The highest BCUT2D eigenvalue weighted by Gasteiger charge is 2.22. The number of nitriles is 1. The van der Waals surface area contributed by atoms with Crippen LogP contribution in [0.15, 0.2) is 42.6 Å². The van der Waals surface area contributed by atoms with E-state index in [1.807, 2.05) is 18.2 Å². The minimum absolute atomic E-state index is 0.215. The number of ether oxygens (including phenoxy) is 2. The molecule has 0 saturated carbocycles. The number of hydrogen-bond acceptors (Lipinski definition) is 6. The average Bonchev–Trinajstić information content (AvgIpc) is 2.70. The third kappa shape index (κ3) is 4.47. The van der Waals surface area contributed by atoms with E-state index in [1.54, 1.807) is 19.4 Å². The lowest BCUT2D eigenvalue weighted by Gasteiger charge is -2.35. The van der Waals surface area contributed by atoms with Crippen molar-refractivity contribution >= 4 is 5.82 Å². The first-order valence-corrected chi connectivity index (χ1v) is 8.36. The lowest BCUT2D eigenvalue weighted by molar-refractivity contribution is 0.0187. The van der Waals surface area contributed by atoms with Crippen LogP contribution < -0.4 is 10.1 Å². The summed E-state index contributed by atoms with van der Waals surface area (Å²) in [6, 6.07) is 14.1. The van der Waals surface area contributed by atoms with E-state index in [9.17, 15) is 0 Å². The Morgan fingerprint density at radius 3 is 2.60 bits per heavy atom. The summed E-state index contributed by atoms with van der Waals surface area (Å²) < 4.78 is 10.7. The van der Waals surface area contributed by atoms with Gasteiger partial charge in [0.1, 0.15) is 17.6 Å². The molecule has 130 valence electrons. The van der Waals surface area contributed by atoms with Crippen molar-refractivity contribution in [3.05, 3.63) is 53.7 Å². The van der Waals surface area contributed by atoms with Crippen molar-refractivity contribution in [3.8, 4) is 11.8 Å². The molecule has 25 heavy (non-hydrogen) atoms. The first kappa shape index (κ1) is 17.2. The molecule has 0 amide bonds. The molecular formula is C19H22N4O2. The van der Waals surface area contributed by atoms with Crippen LogP contribution in [0.3, 0.4) is 0 Å². The molecule has 1 N–H and O–H groups in total. The minimum atomic E-state index is 0.215. The van der Waals surface area contributed by atoms with Crippen molar-refractivity contribution in [2.45, 2.75) is 6.04 Å². The van der Waals surface area contributed by atoms with E-state index < -0.39 is 0 Å². The molecule has 0 aliphatic carbocycles. The molecule has 1 fully saturated rings. The van der Waals surface area contributed by atoms with Crippen LogP contribution >= 0.6 is 0 Å². The third-order valence-electron chi connectivity index (χ3n) is 4.36. The molecule has 1 aromatic heterocycles. The Hall–Kier alpha value is -2.62. The van der Waals surface area contributed by atoms with E-state index in [1.165, 1.54) is 5.56 Å². The summed E-state index contributed by atoms with van der Waals surface area (Å²) in [4.78, 5) is 6.71. The summed E-state index contributed by atoms with van der Waals surface area (Å²) in [6.07, 6.45) is 1.58. The fourth-order valence-corrected chi connectivity index (χ4v) is 2.94. The number of pyridine rings is 1. The van der Waals surface area contributed by atoms with Crippen molar-refractivity contribution in [1.29, 1.82) is 5.26 Å². The molecule has 6 nitrogen and oxygen atoms in total. The van der Waals surface area contributed by atoms with Crippen LogP contribution in [0.5, 0.6) is 5.75 Å². The maximum absolute atomic E-state index is 8.87. The number of hydrogen-bond donors (Lipinski definition) is 1. The molecule has 1 aliphatic rings. The Balaban J connectivity index is 1.73. The summed E-state index contributed by atoms with van der Waals surface area (Å²) in [6.45, 7) is 4.03. The second kappa shape index (κ2) is 8.47. The molecule has 0 spiro atoms. The summed E-state index contributed by atoms with van der Waals surface area (Å²) in [5.74, 6) is 1.62. The average molecular weight is 338 g/mol. The zero-order valence-electron chi connectivity index (χ0n) is 14.3.